The monoisotopic (exact) mass is 500 g/mol. The molecule has 0 saturated heterocycles. The number of likely N-dealkylation sites (N-methyl/N-ethyl adjacent to an activating group) is 1. The van der Waals surface area contributed by atoms with Crippen LogP contribution in [0, 0.1) is 0 Å². The van der Waals surface area contributed by atoms with Gasteiger partial charge >= 0.3 is 5.97 Å². The van der Waals surface area contributed by atoms with Crippen LogP contribution in [0.3, 0.4) is 0 Å². The Hall–Kier alpha value is -3.60. The Morgan fingerprint density at radius 1 is 1.09 bits per heavy atom. The average molecular weight is 501 g/mol. The van der Waals surface area contributed by atoms with Crippen molar-refractivity contribution < 1.29 is 19.4 Å². The molecular weight excluding hydrogens is 472 g/mol. The lowest BCUT2D eigenvalue weighted by atomic mass is 10.2. The molecular formula is C24H29ClN6O4. The quantitative estimate of drug-likeness (QED) is 0.274. The molecule has 0 saturated carbocycles. The molecule has 0 unspecified atom stereocenters. The van der Waals surface area contributed by atoms with Gasteiger partial charge in [0.05, 0.1) is 13.7 Å². The fourth-order valence-corrected chi connectivity index (χ4v) is 3.49. The Balaban J connectivity index is 1.74. The van der Waals surface area contributed by atoms with E-state index < -0.39 is 5.97 Å². The van der Waals surface area contributed by atoms with Gasteiger partial charge in [0, 0.05) is 41.6 Å². The van der Waals surface area contributed by atoms with Crippen LogP contribution >= 0.6 is 11.6 Å². The van der Waals surface area contributed by atoms with E-state index in [2.05, 4.69) is 20.6 Å². The van der Waals surface area contributed by atoms with Crippen molar-refractivity contribution >= 4 is 40.6 Å². The van der Waals surface area contributed by atoms with Crippen LogP contribution in [-0.2, 0) is 11.3 Å². The molecule has 0 bridgehead atoms. The molecule has 0 spiro atoms. The number of nitrogens with zero attached hydrogens (tertiary/aromatic N) is 3. The third-order valence-electron chi connectivity index (χ3n) is 5.00. The first-order chi connectivity index (χ1) is 16.9. The number of ether oxygens (including phenoxy) is 2. The molecule has 35 heavy (non-hydrogen) atoms. The molecule has 0 aliphatic rings. The van der Waals surface area contributed by atoms with Gasteiger partial charge in [-0.2, -0.15) is 0 Å². The van der Waals surface area contributed by atoms with E-state index in [-0.39, 0.29) is 6.54 Å². The van der Waals surface area contributed by atoms with Gasteiger partial charge in [-0.05, 0) is 42.4 Å². The van der Waals surface area contributed by atoms with Crippen LogP contribution < -0.4 is 25.8 Å². The molecule has 0 aliphatic carbocycles. The smallest absolute Gasteiger partial charge is 0.317 e. The van der Waals surface area contributed by atoms with E-state index in [1.54, 1.807) is 30.2 Å². The van der Waals surface area contributed by atoms with Gasteiger partial charge in [-0.1, -0.05) is 18.5 Å². The van der Waals surface area contributed by atoms with Gasteiger partial charge in [-0.3, -0.25) is 9.69 Å². The van der Waals surface area contributed by atoms with Crippen LogP contribution in [0.1, 0.15) is 12.5 Å². The highest BCUT2D eigenvalue weighted by molar-refractivity contribution is 6.31. The average Bonchev–Trinajstić information content (AvgIpc) is 2.84. The van der Waals surface area contributed by atoms with E-state index in [0.717, 1.165) is 16.9 Å². The lowest BCUT2D eigenvalue weighted by molar-refractivity contribution is -0.138. The van der Waals surface area contributed by atoms with Crippen LogP contribution in [0.25, 0.3) is 0 Å². The van der Waals surface area contributed by atoms with E-state index in [0.29, 0.717) is 54.4 Å². The Morgan fingerprint density at radius 2 is 1.77 bits per heavy atom. The Kier molecular flexibility index (Phi) is 9.47. The topological polar surface area (TPSA) is 135 Å². The number of nitrogens with two attached hydrogens (primary N) is 1. The molecule has 3 rings (SSSR count). The number of carboxylic acid groups (broad SMARTS) is 1. The normalized spacial score (nSPS) is 10.8. The number of halogens is 1. The summed E-state index contributed by atoms with van der Waals surface area (Å²) in [5.74, 6) is 1.45. The van der Waals surface area contributed by atoms with Crippen molar-refractivity contribution in [2.45, 2.75) is 13.5 Å². The summed E-state index contributed by atoms with van der Waals surface area (Å²) in [7, 11) is 1.58. The molecule has 1 aromatic heterocycles. The second-order valence-corrected chi connectivity index (χ2v) is 7.95. The zero-order valence-corrected chi connectivity index (χ0v) is 20.4. The van der Waals surface area contributed by atoms with E-state index in [1.165, 1.54) is 6.33 Å². The highest BCUT2D eigenvalue weighted by Gasteiger charge is 2.12. The summed E-state index contributed by atoms with van der Waals surface area (Å²) in [5.41, 5.74) is 7.88. The van der Waals surface area contributed by atoms with Gasteiger partial charge in [-0.15, -0.1) is 0 Å². The van der Waals surface area contributed by atoms with Gasteiger partial charge in [0.15, 0.2) is 11.5 Å². The highest BCUT2D eigenvalue weighted by Crippen LogP contribution is 2.31. The van der Waals surface area contributed by atoms with E-state index in [4.69, 9.17) is 31.9 Å². The lowest BCUT2D eigenvalue weighted by Gasteiger charge is -2.19. The van der Waals surface area contributed by atoms with Gasteiger partial charge < -0.3 is 30.9 Å². The van der Waals surface area contributed by atoms with Gasteiger partial charge in [-0.25, -0.2) is 9.97 Å². The molecule has 0 atom stereocenters. The standard InChI is InChI=1S/C24H29ClN6O4/c1-3-31(14-24(32)33)13-16-10-17(4-6-19(16)25)29-22-12-23(28-15-27-22)30-18-5-7-20(34-2)21(11-18)35-9-8-26/h4-7,10-12,15H,3,8-9,13-14,26H2,1-2H3,(H,32,33)(H2,27,28,29,30). The van der Waals surface area contributed by atoms with Crippen molar-refractivity contribution in [3.05, 3.63) is 59.4 Å². The second kappa shape index (κ2) is 12.7. The second-order valence-electron chi connectivity index (χ2n) is 7.54. The number of rotatable bonds is 13. The van der Waals surface area contributed by atoms with Crippen molar-refractivity contribution in [3.63, 3.8) is 0 Å². The molecule has 3 aromatic rings. The summed E-state index contributed by atoms with van der Waals surface area (Å²) >= 11 is 6.35. The van der Waals surface area contributed by atoms with Crippen LogP contribution in [0.4, 0.5) is 23.0 Å². The summed E-state index contributed by atoms with van der Waals surface area (Å²) in [4.78, 5) is 21.4. The lowest BCUT2D eigenvalue weighted by Crippen LogP contribution is -2.29. The molecule has 0 amide bonds. The number of carboxylic acids is 1. The zero-order valence-electron chi connectivity index (χ0n) is 19.6. The van der Waals surface area contributed by atoms with Crippen LogP contribution in [0.2, 0.25) is 5.02 Å². The number of benzene rings is 2. The van der Waals surface area contributed by atoms with Crippen LogP contribution in [0.5, 0.6) is 11.5 Å². The summed E-state index contributed by atoms with van der Waals surface area (Å²) in [6.07, 6.45) is 1.45. The predicted octanol–water partition coefficient (Wildman–Crippen LogP) is 3.87. The molecule has 0 fully saturated rings. The van der Waals surface area contributed by atoms with Gasteiger partial charge in [0.25, 0.3) is 0 Å². The van der Waals surface area contributed by atoms with E-state index >= 15 is 0 Å². The SMILES string of the molecule is CCN(CC(=O)O)Cc1cc(Nc2cc(Nc3ccc(OC)c(OCCN)c3)ncn2)ccc1Cl. The summed E-state index contributed by atoms with van der Waals surface area (Å²) < 4.78 is 11.0. The zero-order chi connectivity index (χ0) is 25.2. The Labute approximate surface area is 209 Å². The predicted molar refractivity (Wildman–Crippen MR) is 136 cm³/mol. The molecule has 11 heteroatoms. The minimum Gasteiger partial charge on any atom is -0.493 e. The van der Waals surface area contributed by atoms with E-state index in [9.17, 15) is 4.79 Å². The first-order valence-corrected chi connectivity index (χ1v) is 11.4. The van der Waals surface area contributed by atoms with Crippen molar-refractivity contribution in [2.75, 3.05) is 44.0 Å². The van der Waals surface area contributed by atoms with Crippen LogP contribution in [-0.4, -0.2) is 59.3 Å². The summed E-state index contributed by atoms with van der Waals surface area (Å²) in [5, 5.41) is 16.1. The third-order valence-corrected chi connectivity index (χ3v) is 5.37. The van der Waals surface area contributed by atoms with Crippen molar-refractivity contribution in [2.24, 2.45) is 5.73 Å². The van der Waals surface area contributed by atoms with Crippen molar-refractivity contribution in [1.29, 1.82) is 0 Å². The number of anilines is 4. The molecule has 2 aromatic carbocycles. The number of aromatic nitrogens is 2. The van der Waals surface area contributed by atoms with Crippen LogP contribution in [0.15, 0.2) is 48.8 Å². The Morgan fingerprint density at radius 3 is 2.40 bits per heavy atom. The number of nitrogens with one attached hydrogen (secondary N) is 2. The van der Waals surface area contributed by atoms with E-state index in [1.807, 2.05) is 31.2 Å². The summed E-state index contributed by atoms with van der Waals surface area (Å²) in [6.45, 7) is 3.62. The minimum atomic E-state index is -0.881. The first-order valence-electron chi connectivity index (χ1n) is 11.0. The number of hydrogen-bond donors (Lipinski definition) is 4. The maximum Gasteiger partial charge on any atom is 0.317 e. The molecule has 0 aliphatic heterocycles. The molecule has 1 heterocycles. The maximum atomic E-state index is 11.1. The molecule has 0 radical (unpaired) electrons. The number of carbonyl (C=O) groups is 1. The summed E-state index contributed by atoms with van der Waals surface area (Å²) in [6, 6.07) is 12.7. The number of aliphatic carboxylic acids is 1. The van der Waals surface area contributed by atoms with Gasteiger partial charge in [0.2, 0.25) is 0 Å². The maximum absolute atomic E-state index is 11.1. The fourth-order valence-electron chi connectivity index (χ4n) is 3.31. The number of methoxy groups -OCH3 is 1. The first kappa shape index (κ1) is 26.0. The largest absolute Gasteiger partial charge is 0.493 e. The molecule has 10 nitrogen and oxygen atoms in total. The van der Waals surface area contributed by atoms with Gasteiger partial charge in [0.1, 0.15) is 24.6 Å². The third kappa shape index (κ3) is 7.71. The fraction of sp³-hybridized carbons (Fsp3) is 0.292. The number of hydrogen-bond acceptors (Lipinski definition) is 9. The Bertz CT molecular complexity index is 1150. The van der Waals surface area contributed by atoms with Crippen molar-refractivity contribution in [1.82, 2.24) is 14.9 Å². The highest BCUT2D eigenvalue weighted by atomic mass is 35.5. The van der Waals surface area contributed by atoms with Crippen molar-refractivity contribution in [3.8, 4) is 11.5 Å². The minimum absolute atomic E-state index is 0.0598. The molecule has 186 valence electrons. The molecule has 5 N–H and O–H groups in total.